The third kappa shape index (κ3) is 5.78. The zero-order chi connectivity index (χ0) is 14.8. The van der Waals surface area contributed by atoms with Crippen molar-refractivity contribution in [1.82, 2.24) is 0 Å². The van der Waals surface area contributed by atoms with Gasteiger partial charge in [0.25, 0.3) is 0 Å². The van der Waals surface area contributed by atoms with Gasteiger partial charge in [-0.2, -0.15) is 0 Å². The first-order chi connectivity index (χ1) is 10.4. The van der Waals surface area contributed by atoms with Crippen LogP contribution in [0.2, 0.25) is 0 Å². The zero-order valence-electron chi connectivity index (χ0n) is 12.5. The summed E-state index contributed by atoms with van der Waals surface area (Å²) >= 11 is 0. The van der Waals surface area contributed by atoms with Crippen LogP contribution in [-0.4, -0.2) is 19.8 Å². The fourth-order valence-corrected chi connectivity index (χ4v) is 1.94. The highest BCUT2D eigenvalue weighted by Crippen LogP contribution is 2.17. The van der Waals surface area contributed by atoms with Gasteiger partial charge in [0.1, 0.15) is 24.7 Å². The summed E-state index contributed by atoms with van der Waals surface area (Å²) in [6.07, 6.45) is 2.37. The summed E-state index contributed by atoms with van der Waals surface area (Å²) in [5, 5.41) is 3.39. The zero-order valence-corrected chi connectivity index (χ0v) is 12.5. The lowest BCUT2D eigenvalue weighted by molar-refractivity contribution is 0.217. The molecule has 0 saturated heterocycles. The van der Waals surface area contributed by atoms with Crippen LogP contribution in [0.5, 0.6) is 11.5 Å². The van der Waals surface area contributed by atoms with E-state index in [2.05, 4.69) is 18.3 Å². The SMILES string of the molecule is CCCCNc1cccc(OCCOc2ccccc2)c1. The van der Waals surface area contributed by atoms with Crippen LogP contribution in [0.25, 0.3) is 0 Å². The molecule has 3 nitrogen and oxygen atoms in total. The van der Waals surface area contributed by atoms with Crippen molar-refractivity contribution in [2.75, 3.05) is 25.1 Å². The molecule has 0 heterocycles. The second kappa shape index (κ2) is 8.90. The molecule has 0 saturated carbocycles. The molecule has 0 radical (unpaired) electrons. The summed E-state index contributed by atoms with van der Waals surface area (Å²) in [7, 11) is 0. The Labute approximate surface area is 126 Å². The molecule has 1 N–H and O–H groups in total. The van der Waals surface area contributed by atoms with Gasteiger partial charge in [-0.25, -0.2) is 0 Å². The minimum Gasteiger partial charge on any atom is -0.490 e. The van der Waals surface area contributed by atoms with Gasteiger partial charge < -0.3 is 14.8 Å². The number of para-hydroxylation sites is 1. The average Bonchev–Trinajstić information content (AvgIpc) is 2.53. The van der Waals surface area contributed by atoms with Crippen molar-refractivity contribution >= 4 is 5.69 Å². The largest absolute Gasteiger partial charge is 0.490 e. The van der Waals surface area contributed by atoms with E-state index < -0.39 is 0 Å². The Balaban J connectivity index is 1.71. The molecule has 0 spiro atoms. The van der Waals surface area contributed by atoms with Gasteiger partial charge in [0.2, 0.25) is 0 Å². The molecule has 0 aliphatic carbocycles. The van der Waals surface area contributed by atoms with Gasteiger partial charge in [-0.15, -0.1) is 0 Å². The Kier molecular flexibility index (Phi) is 6.46. The van der Waals surface area contributed by atoms with E-state index in [-0.39, 0.29) is 0 Å². The lowest BCUT2D eigenvalue weighted by Crippen LogP contribution is -2.09. The Morgan fingerprint density at radius 1 is 0.857 bits per heavy atom. The highest BCUT2D eigenvalue weighted by molar-refractivity contribution is 5.48. The van der Waals surface area contributed by atoms with E-state index >= 15 is 0 Å². The molecule has 0 amide bonds. The Bertz CT molecular complexity index is 514. The van der Waals surface area contributed by atoms with Crippen molar-refractivity contribution in [3.05, 3.63) is 54.6 Å². The molecule has 0 aliphatic heterocycles. The van der Waals surface area contributed by atoms with Crippen molar-refractivity contribution in [2.24, 2.45) is 0 Å². The minimum absolute atomic E-state index is 0.535. The Hall–Kier alpha value is -2.16. The number of ether oxygens (including phenoxy) is 2. The second-order valence-corrected chi connectivity index (χ2v) is 4.82. The van der Waals surface area contributed by atoms with E-state index in [4.69, 9.17) is 9.47 Å². The molecule has 2 aromatic carbocycles. The standard InChI is InChI=1S/C18H23NO2/c1-2-3-12-19-16-8-7-11-18(15-16)21-14-13-20-17-9-5-4-6-10-17/h4-11,15,19H,2-3,12-14H2,1H3. The van der Waals surface area contributed by atoms with Gasteiger partial charge in [0, 0.05) is 18.3 Å². The molecule has 0 fully saturated rings. The smallest absolute Gasteiger partial charge is 0.122 e. The van der Waals surface area contributed by atoms with E-state index in [1.54, 1.807) is 0 Å². The normalized spacial score (nSPS) is 10.1. The van der Waals surface area contributed by atoms with Crippen LogP contribution < -0.4 is 14.8 Å². The molecule has 112 valence electrons. The van der Waals surface area contributed by atoms with Crippen LogP contribution >= 0.6 is 0 Å². The molecular formula is C18H23NO2. The summed E-state index contributed by atoms with van der Waals surface area (Å²) in [6, 6.07) is 17.8. The summed E-state index contributed by atoms with van der Waals surface area (Å²) in [6.45, 7) is 4.26. The van der Waals surface area contributed by atoms with Crippen molar-refractivity contribution in [3.8, 4) is 11.5 Å². The maximum absolute atomic E-state index is 5.71. The van der Waals surface area contributed by atoms with Crippen LogP contribution in [0.3, 0.4) is 0 Å². The predicted octanol–water partition coefficient (Wildman–Crippen LogP) is 4.36. The summed E-state index contributed by atoms with van der Waals surface area (Å²) < 4.78 is 11.3. The number of benzene rings is 2. The number of hydrogen-bond acceptors (Lipinski definition) is 3. The van der Waals surface area contributed by atoms with E-state index in [1.807, 2.05) is 48.5 Å². The minimum atomic E-state index is 0.535. The second-order valence-electron chi connectivity index (χ2n) is 4.82. The first-order valence-corrected chi connectivity index (χ1v) is 7.53. The van der Waals surface area contributed by atoms with Crippen molar-refractivity contribution < 1.29 is 9.47 Å². The van der Waals surface area contributed by atoms with E-state index in [9.17, 15) is 0 Å². The van der Waals surface area contributed by atoms with Gasteiger partial charge >= 0.3 is 0 Å². The number of nitrogens with one attached hydrogen (secondary N) is 1. The summed E-state index contributed by atoms with van der Waals surface area (Å²) in [5.74, 6) is 1.74. The molecule has 3 heteroatoms. The topological polar surface area (TPSA) is 30.5 Å². The monoisotopic (exact) mass is 285 g/mol. The molecule has 0 atom stereocenters. The molecule has 0 aliphatic rings. The summed E-state index contributed by atoms with van der Waals surface area (Å²) in [5.41, 5.74) is 1.10. The number of rotatable bonds is 9. The van der Waals surface area contributed by atoms with Crippen molar-refractivity contribution in [2.45, 2.75) is 19.8 Å². The van der Waals surface area contributed by atoms with Crippen molar-refractivity contribution in [3.63, 3.8) is 0 Å². The van der Waals surface area contributed by atoms with Crippen LogP contribution in [0.4, 0.5) is 5.69 Å². The molecule has 0 bridgehead atoms. The first-order valence-electron chi connectivity index (χ1n) is 7.53. The maximum Gasteiger partial charge on any atom is 0.122 e. The summed E-state index contributed by atoms with van der Waals surface area (Å²) in [4.78, 5) is 0. The lowest BCUT2D eigenvalue weighted by Gasteiger charge is -2.10. The van der Waals surface area contributed by atoms with Crippen molar-refractivity contribution in [1.29, 1.82) is 0 Å². The highest BCUT2D eigenvalue weighted by atomic mass is 16.5. The van der Waals surface area contributed by atoms with Gasteiger partial charge in [-0.05, 0) is 30.7 Å². The molecule has 0 aromatic heterocycles. The highest BCUT2D eigenvalue weighted by Gasteiger charge is 1.97. The molecule has 21 heavy (non-hydrogen) atoms. The molecule has 2 rings (SSSR count). The number of unbranched alkanes of at least 4 members (excludes halogenated alkanes) is 1. The third-order valence-electron chi connectivity index (χ3n) is 3.06. The number of anilines is 1. The first kappa shape index (κ1) is 15.2. The van der Waals surface area contributed by atoms with Crippen LogP contribution in [0, 0.1) is 0 Å². The van der Waals surface area contributed by atoms with Gasteiger partial charge in [0.15, 0.2) is 0 Å². The van der Waals surface area contributed by atoms with Gasteiger partial charge in [0.05, 0.1) is 0 Å². The Morgan fingerprint density at radius 3 is 2.33 bits per heavy atom. The lowest BCUT2D eigenvalue weighted by atomic mass is 10.3. The third-order valence-corrected chi connectivity index (χ3v) is 3.06. The van der Waals surface area contributed by atoms with E-state index in [1.165, 1.54) is 12.8 Å². The van der Waals surface area contributed by atoms with Gasteiger partial charge in [-0.1, -0.05) is 37.6 Å². The van der Waals surface area contributed by atoms with E-state index in [0.29, 0.717) is 13.2 Å². The fraction of sp³-hybridized carbons (Fsp3) is 0.333. The van der Waals surface area contributed by atoms with Crippen LogP contribution in [0.1, 0.15) is 19.8 Å². The maximum atomic E-state index is 5.71. The predicted molar refractivity (Wildman–Crippen MR) is 87.3 cm³/mol. The molecule has 0 unspecified atom stereocenters. The average molecular weight is 285 g/mol. The van der Waals surface area contributed by atoms with E-state index in [0.717, 1.165) is 23.7 Å². The molecular weight excluding hydrogens is 262 g/mol. The van der Waals surface area contributed by atoms with Crippen LogP contribution in [0.15, 0.2) is 54.6 Å². The quantitative estimate of drug-likeness (QED) is 0.694. The fourth-order valence-electron chi connectivity index (χ4n) is 1.94. The Morgan fingerprint density at radius 2 is 1.57 bits per heavy atom. The molecule has 2 aromatic rings. The number of hydrogen-bond donors (Lipinski definition) is 1. The van der Waals surface area contributed by atoms with Crippen LogP contribution in [-0.2, 0) is 0 Å². The van der Waals surface area contributed by atoms with Gasteiger partial charge in [-0.3, -0.25) is 0 Å².